The summed E-state index contributed by atoms with van der Waals surface area (Å²) < 4.78 is 7.16. The highest BCUT2D eigenvalue weighted by Gasteiger charge is 2.21. The molecule has 0 aromatic carbocycles. The Kier molecular flexibility index (Phi) is 4.69. The van der Waals surface area contributed by atoms with Gasteiger partial charge in [-0.1, -0.05) is 0 Å². The van der Waals surface area contributed by atoms with Crippen molar-refractivity contribution in [2.75, 3.05) is 0 Å². The molecule has 1 atom stereocenters. The molecule has 0 aliphatic carbocycles. The lowest BCUT2D eigenvalue weighted by molar-refractivity contribution is -0.156. The summed E-state index contributed by atoms with van der Waals surface area (Å²) in [5, 5.41) is 0. The Hall–Kier alpha value is -1.36. The van der Waals surface area contributed by atoms with Crippen molar-refractivity contribution in [1.82, 2.24) is 9.55 Å². The average molecular weight is 239 g/mol. The van der Waals surface area contributed by atoms with Crippen LogP contribution in [0.25, 0.3) is 0 Å². The van der Waals surface area contributed by atoms with Crippen molar-refractivity contribution in [3.63, 3.8) is 0 Å². The Labute approximate surface area is 102 Å². The zero-order chi connectivity index (χ0) is 12.9. The molecule has 0 saturated carbocycles. The topological polar surface area (TPSA) is 70.1 Å². The van der Waals surface area contributed by atoms with Crippen LogP contribution in [0.3, 0.4) is 0 Å². The van der Waals surface area contributed by atoms with Gasteiger partial charge in [0, 0.05) is 18.9 Å². The van der Waals surface area contributed by atoms with E-state index in [9.17, 15) is 4.79 Å². The SMILES string of the molecule is CC(C)(C)OC(=O)C(N)CCCn1ccnc1. The Morgan fingerprint density at radius 1 is 1.53 bits per heavy atom. The molecule has 1 aromatic rings. The molecule has 0 amide bonds. The number of hydrogen-bond acceptors (Lipinski definition) is 4. The second kappa shape index (κ2) is 5.82. The van der Waals surface area contributed by atoms with Crippen LogP contribution < -0.4 is 5.73 Å². The molecule has 17 heavy (non-hydrogen) atoms. The molecule has 0 radical (unpaired) electrons. The summed E-state index contributed by atoms with van der Waals surface area (Å²) in [4.78, 5) is 15.5. The van der Waals surface area contributed by atoms with E-state index in [1.807, 2.05) is 31.5 Å². The largest absolute Gasteiger partial charge is 0.459 e. The van der Waals surface area contributed by atoms with Gasteiger partial charge < -0.3 is 15.0 Å². The van der Waals surface area contributed by atoms with Crippen LogP contribution in [0.4, 0.5) is 0 Å². The first-order valence-electron chi connectivity index (χ1n) is 5.82. The Bertz CT molecular complexity index is 341. The first-order chi connectivity index (χ1) is 7.88. The summed E-state index contributed by atoms with van der Waals surface area (Å²) in [5.74, 6) is -0.330. The standard InChI is InChI=1S/C12H21N3O2/c1-12(2,3)17-11(16)10(13)5-4-7-15-8-6-14-9-15/h6,8-10H,4-5,7,13H2,1-3H3. The van der Waals surface area contributed by atoms with Gasteiger partial charge in [0.25, 0.3) is 0 Å². The Morgan fingerprint density at radius 2 is 2.24 bits per heavy atom. The summed E-state index contributed by atoms with van der Waals surface area (Å²) in [5.41, 5.74) is 5.29. The molecule has 5 heteroatoms. The zero-order valence-corrected chi connectivity index (χ0v) is 10.7. The van der Waals surface area contributed by atoms with E-state index in [1.165, 1.54) is 0 Å². The lowest BCUT2D eigenvalue weighted by Gasteiger charge is -2.22. The highest BCUT2D eigenvalue weighted by Crippen LogP contribution is 2.09. The first kappa shape index (κ1) is 13.7. The van der Waals surface area contributed by atoms with Gasteiger partial charge in [-0.15, -0.1) is 0 Å². The van der Waals surface area contributed by atoms with Gasteiger partial charge in [-0.25, -0.2) is 4.98 Å². The normalized spacial score (nSPS) is 13.4. The summed E-state index contributed by atoms with van der Waals surface area (Å²) in [7, 11) is 0. The van der Waals surface area contributed by atoms with E-state index in [0.717, 1.165) is 13.0 Å². The molecular formula is C12H21N3O2. The maximum absolute atomic E-state index is 11.6. The lowest BCUT2D eigenvalue weighted by atomic mass is 10.1. The minimum Gasteiger partial charge on any atom is -0.459 e. The quantitative estimate of drug-likeness (QED) is 0.787. The number of carbonyl (C=O) groups excluding carboxylic acids is 1. The number of nitrogens with zero attached hydrogens (tertiary/aromatic N) is 2. The molecule has 0 saturated heterocycles. The number of aryl methyl sites for hydroxylation is 1. The number of carbonyl (C=O) groups is 1. The maximum atomic E-state index is 11.6. The van der Waals surface area contributed by atoms with Crippen LogP contribution in [0, 0.1) is 0 Å². The van der Waals surface area contributed by atoms with Gasteiger partial charge in [-0.2, -0.15) is 0 Å². The second-order valence-corrected chi connectivity index (χ2v) is 5.08. The highest BCUT2D eigenvalue weighted by atomic mass is 16.6. The molecule has 0 aliphatic rings. The van der Waals surface area contributed by atoms with Crippen LogP contribution in [0.2, 0.25) is 0 Å². The number of esters is 1. The minimum atomic E-state index is -0.544. The van der Waals surface area contributed by atoms with Gasteiger partial charge in [0.15, 0.2) is 0 Å². The van der Waals surface area contributed by atoms with Crippen molar-refractivity contribution in [3.05, 3.63) is 18.7 Å². The van der Waals surface area contributed by atoms with Gasteiger partial charge in [-0.05, 0) is 33.6 Å². The number of aromatic nitrogens is 2. The number of imidazole rings is 1. The third-order valence-corrected chi connectivity index (χ3v) is 2.20. The van der Waals surface area contributed by atoms with Crippen molar-refractivity contribution in [3.8, 4) is 0 Å². The van der Waals surface area contributed by atoms with Crippen molar-refractivity contribution in [2.45, 2.75) is 51.8 Å². The van der Waals surface area contributed by atoms with Gasteiger partial charge in [0.1, 0.15) is 11.6 Å². The van der Waals surface area contributed by atoms with Crippen molar-refractivity contribution < 1.29 is 9.53 Å². The molecule has 5 nitrogen and oxygen atoms in total. The molecule has 2 N–H and O–H groups in total. The third kappa shape index (κ3) is 5.49. The molecular weight excluding hydrogens is 218 g/mol. The van der Waals surface area contributed by atoms with Crippen LogP contribution in [0.15, 0.2) is 18.7 Å². The maximum Gasteiger partial charge on any atom is 0.323 e. The van der Waals surface area contributed by atoms with Gasteiger partial charge in [0.2, 0.25) is 0 Å². The fourth-order valence-electron chi connectivity index (χ4n) is 1.41. The van der Waals surface area contributed by atoms with Gasteiger partial charge in [0.05, 0.1) is 6.33 Å². The third-order valence-electron chi connectivity index (χ3n) is 2.20. The number of rotatable bonds is 5. The summed E-state index contributed by atoms with van der Waals surface area (Å²) in [6.45, 7) is 6.33. The molecule has 0 spiro atoms. The predicted molar refractivity (Wildman–Crippen MR) is 65.3 cm³/mol. The van der Waals surface area contributed by atoms with Crippen LogP contribution >= 0.6 is 0 Å². The first-order valence-corrected chi connectivity index (χ1v) is 5.82. The van der Waals surface area contributed by atoms with Crippen LogP contribution in [-0.4, -0.2) is 27.2 Å². The van der Waals surface area contributed by atoms with E-state index in [1.54, 1.807) is 12.5 Å². The molecule has 0 aliphatic heterocycles. The monoisotopic (exact) mass is 239 g/mol. The molecule has 96 valence electrons. The lowest BCUT2D eigenvalue weighted by Crippen LogP contribution is -2.37. The van der Waals surface area contributed by atoms with Gasteiger partial charge >= 0.3 is 5.97 Å². The smallest absolute Gasteiger partial charge is 0.323 e. The molecule has 1 heterocycles. The zero-order valence-electron chi connectivity index (χ0n) is 10.7. The van der Waals surface area contributed by atoms with E-state index in [4.69, 9.17) is 10.5 Å². The fraction of sp³-hybridized carbons (Fsp3) is 0.667. The molecule has 1 rings (SSSR count). The minimum absolute atomic E-state index is 0.330. The van der Waals surface area contributed by atoms with E-state index in [-0.39, 0.29) is 5.97 Å². The van der Waals surface area contributed by atoms with Crippen LogP contribution in [0.1, 0.15) is 33.6 Å². The molecule has 0 fully saturated rings. The van der Waals surface area contributed by atoms with Crippen LogP contribution in [0.5, 0.6) is 0 Å². The van der Waals surface area contributed by atoms with E-state index in [0.29, 0.717) is 6.42 Å². The average Bonchev–Trinajstić information content (AvgIpc) is 2.67. The van der Waals surface area contributed by atoms with Gasteiger partial charge in [-0.3, -0.25) is 4.79 Å². The summed E-state index contributed by atoms with van der Waals surface area (Å²) in [6.07, 6.45) is 6.82. The van der Waals surface area contributed by atoms with Crippen LogP contribution in [-0.2, 0) is 16.1 Å². The van der Waals surface area contributed by atoms with Crippen molar-refractivity contribution in [2.24, 2.45) is 5.73 Å². The second-order valence-electron chi connectivity index (χ2n) is 5.08. The number of ether oxygens (including phenoxy) is 1. The van der Waals surface area contributed by atoms with E-state index >= 15 is 0 Å². The molecule has 1 aromatic heterocycles. The number of nitrogens with two attached hydrogens (primary N) is 1. The number of hydrogen-bond donors (Lipinski definition) is 1. The van der Waals surface area contributed by atoms with E-state index < -0.39 is 11.6 Å². The van der Waals surface area contributed by atoms with Crippen molar-refractivity contribution >= 4 is 5.97 Å². The molecule has 1 unspecified atom stereocenters. The van der Waals surface area contributed by atoms with Crippen molar-refractivity contribution in [1.29, 1.82) is 0 Å². The summed E-state index contributed by atoms with van der Waals surface area (Å²) in [6, 6.07) is -0.544. The highest BCUT2D eigenvalue weighted by molar-refractivity contribution is 5.75. The Balaban J connectivity index is 2.25. The fourth-order valence-corrected chi connectivity index (χ4v) is 1.41. The molecule has 0 bridgehead atoms. The summed E-state index contributed by atoms with van der Waals surface area (Å²) >= 11 is 0. The Morgan fingerprint density at radius 3 is 2.76 bits per heavy atom. The van der Waals surface area contributed by atoms with E-state index in [2.05, 4.69) is 4.98 Å². The predicted octanol–water partition coefficient (Wildman–Crippen LogP) is 1.33.